The first-order valence-electron chi connectivity index (χ1n) is 5.08. The van der Waals surface area contributed by atoms with Crippen LogP contribution in [0, 0.1) is 6.92 Å². The number of rotatable bonds is 4. The minimum absolute atomic E-state index is 0.0845. The van der Waals surface area contributed by atoms with Gasteiger partial charge in [0.2, 0.25) is 0 Å². The van der Waals surface area contributed by atoms with Crippen LogP contribution < -0.4 is 0 Å². The van der Waals surface area contributed by atoms with E-state index in [9.17, 15) is 18.7 Å². The second-order valence-electron chi connectivity index (χ2n) is 3.44. The maximum atomic E-state index is 12.5. The van der Waals surface area contributed by atoms with E-state index in [0.717, 1.165) is 6.07 Å². The Hall–Kier alpha value is -1.72. The fourth-order valence-electron chi connectivity index (χ4n) is 1.34. The molecule has 0 aliphatic heterocycles. The molecule has 1 N–H and O–H groups in total. The monoisotopic (exact) mass is 245 g/mol. The van der Waals surface area contributed by atoms with Crippen LogP contribution in [0.4, 0.5) is 8.78 Å². The number of alkyl halides is 2. The minimum Gasteiger partial charge on any atom is -0.506 e. The number of aromatic nitrogens is 1. The van der Waals surface area contributed by atoms with Crippen LogP contribution >= 0.6 is 0 Å². The van der Waals surface area contributed by atoms with Crippen molar-refractivity contribution in [1.29, 1.82) is 0 Å². The van der Waals surface area contributed by atoms with Gasteiger partial charge in [0, 0.05) is 0 Å². The zero-order chi connectivity index (χ0) is 13.0. The molecule has 0 radical (unpaired) electrons. The lowest BCUT2D eigenvalue weighted by Gasteiger charge is -2.09. The van der Waals surface area contributed by atoms with E-state index in [-0.39, 0.29) is 30.0 Å². The third kappa shape index (κ3) is 3.37. The van der Waals surface area contributed by atoms with Gasteiger partial charge in [0.25, 0.3) is 6.43 Å². The van der Waals surface area contributed by atoms with E-state index in [1.165, 1.54) is 6.92 Å². The Morgan fingerprint density at radius 2 is 2.24 bits per heavy atom. The molecule has 0 aliphatic rings. The molecule has 1 aromatic rings. The van der Waals surface area contributed by atoms with Crippen LogP contribution in [0.1, 0.15) is 30.3 Å². The zero-order valence-corrected chi connectivity index (χ0v) is 9.54. The van der Waals surface area contributed by atoms with Gasteiger partial charge in [-0.3, -0.25) is 4.79 Å². The number of hydrogen-bond donors (Lipinski definition) is 1. The van der Waals surface area contributed by atoms with Gasteiger partial charge in [-0.1, -0.05) is 0 Å². The molecule has 0 atom stereocenters. The van der Waals surface area contributed by atoms with Crippen molar-refractivity contribution in [3.8, 4) is 5.75 Å². The molecule has 4 nitrogen and oxygen atoms in total. The van der Waals surface area contributed by atoms with E-state index < -0.39 is 18.1 Å². The fourth-order valence-corrected chi connectivity index (χ4v) is 1.34. The maximum absolute atomic E-state index is 12.5. The van der Waals surface area contributed by atoms with Crippen LogP contribution in [-0.4, -0.2) is 22.7 Å². The minimum atomic E-state index is -2.74. The maximum Gasteiger partial charge on any atom is 0.312 e. The van der Waals surface area contributed by atoms with Crippen molar-refractivity contribution in [2.24, 2.45) is 0 Å². The molecule has 94 valence electrons. The molecule has 1 heterocycles. The van der Waals surface area contributed by atoms with E-state index >= 15 is 0 Å². The third-order valence-corrected chi connectivity index (χ3v) is 2.12. The molecule has 17 heavy (non-hydrogen) atoms. The zero-order valence-electron chi connectivity index (χ0n) is 9.54. The highest BCUT2D eigenvalue weighted by atomic mass is 19.3. The van der Waals surface area contributed by atoms with Crippen LogP contribution in [0.2, 0.25) is 0 Å². The van der Waals surface area contributed by atoms with Crippen LogP contribution in [-0.2, 0) is 16.0 Å². The first-order valence-corrected chi connectivity index (χ1v) is 5.08. The lowest BCUT2D eigenvalue weighted by atomic mass is 10.1. The first-order chi connectivity index (χ1) is 7.95. The highest BCUT2D eigenvalue weighted by Gasteiger charge is 2.17. The summed E-state index contributed by atoms with van der Waals surface area (Å²) in [5.41, 5.74) is -0.284. The Morgan fingerprint density at radius 1 is 1.59 bits per heavy atom. The van der Waals surface area contributed by atoms with Crippen molar-refractivity contribution in [2.45, 2.75) is 26.7 Å². The quantitative estimate of drug-likeness (QED) is 0.825. The smallest absolute Gasteiger partial charge is 0.312 e. The van der Waals surface area contributed by atoms with Crippen LogP contribution in [0.3, 0.4) is 0 Å². The number of halogens is 2. The largest absolute Gasteiger partial charge is 0.506 e. The van der Waals surface area contributed by atoms with E-state index in [2.05, 4.69) is 9.72 Å². The molecule has 0 saturated heterocycles. The highest BCUT2D eigenvalue weighted by Crippen LogP contribution is 2.26. The van der Waals surface area contributed by atoms with E-state index in [4.69, 9.17) is 0 Å². The summed E-state index contributed by atoms with van der Waals surface area (Å²) in [6.45, 7) is 3.29. The molecule has 0 fully saturated rings. The molecule has 0 aliphatic carbocycles. The molecule has 1 rings (SSSR count). The van der Waals surface area contributed by atoms with Crippen LogP contribution in [0.5, 0.6) is 5.75 Å². The van der Waals surface area contributed by atoms with Gasteiger partial charge in [0.15, 0.2) is 0 Å². The van der Waals surface area contributed by atoms with E-state index in [1.807, 2.05) is 0 Å². The van der Waals surface area contributed by atoms with Crippen molar-refractivity contribution in [1.82, 2.24) is 4.98 Å². The lowest BCUT2D eigenvalue weighted by Crippen LogP contribution is -2.10. The van der Waals surface area contributed by atoms with Gasteiger partial charge in [-0.25, -0.2) is 13.8 Å². The van der Waals surface area contributed by atoms with Gasteiger partial charge >= 0.3 is 5.97 Å². The van der Waals surface area contributed by atoms with Gasteiger partial charge in [-0.05, 0) is 25.5 Å². The fraction of sp³-hybridized carbons (Fsp3) is 0.455. The Labute approximate surface area is 97.2 Å². The van der Waals surface area contributed by atoms with Gasteiger partial charge in [0.1, 0.15) is 11.4 Å². The van der Waals surface area contributed by atoms with Crippen molar-refractivity contribution >= 4 is 5.97 Å². The average Bonchev–Trinajstić information content (AvgIpc) is 2.24. The predicted octanol–water partition coefficient (Wildman–Crippen LogP) is 2.14. The number of aryl methyl sites for hydroxylation is 1. The molecule has 0 bridgehead atoms. The normalized spacial score (nSPS) is 10.6. The van der Waals surface area contributed by atoms with Gasteiger partial charge in [-0.2, -0.15) is 0 Å². The highest BCUT2D eigenvalue weighted by molar-refractivity contribution is 5.73. The van der Waals surface area contributed by atoms with Crippen molar-refractivity contribution in [2.75, 3.05) is 6.61 Å². The Balaban J connectivity index is 3.01. The predicted molar refractivity (Wildman–Crippen MR) is 55.9 cm³/mol. The van der Waals surface area contributed by atoms with Crippen molar-refractivity contribution in [3.63, 3.8) is 0 Å². The molecule has 1 aromatic heterocycles. The summed E-state index contributed by atoms with van der Waals surface area (Å²) in [4.78, 5) is 14.8. The van der Waals surface area contributed by atoms with Gasteiger partial charge in [0.05, 0.1) is 18.7 Å². The second-order valence-corrected chi connectivity index (χ2v) is 3.44. The molecule has 0 aromatic carbocycles. The molecule has 0 amide bonds. The summed E-state index contributed by atoms with van der Waals surface area (Å²) in [5.74, 6) is -0.858. The summed E-state index contributed by atoms with van der Waals surface area (Å²) < 4.78 is 29.6. The van der Waals surface area contributed by atoms with Crippen molar-refractivity contribution in [3.05, 3.63) is 23.0 Å². The third-order valence-electron chi connectivity index (χ3n) is 2.12. The standard InChI is InChI=1S/C11H13F2NO3/c1-3-17-9(15)5-7-10(16)6(2)4-8(14-7)11(12)13/h4,11,16H,3,5H2,1-2H3. The summed E-state index contributed by atoms with van der Waals surface area (Å²) >= 11 is 0. The molecule has 0 saturated carbocycles. The van der Waals surface area contributed by atoms with Gasteiger partial charge < -0.3 is 9.84 Å². The van der Waals surface area contributed by atoms with Crippen LogP contribution in [0.25, 0.3) is 0 Å². The number of pyridine rings is 1. The SMILES string of the molecule is CCOC(=O)Cc1nc(C(F)F)cc(C)c1O. The second kappa shape index (κ2) is 5.56. The van der Waals surface area contributed by atoms with Crippen LogP contribution in [0.15, 0.2) is 6.07 Å². The van der Waals surface area contributed by atoms with E-state index in [0.29, 0.717) is 0 Å². The van der Waals surface area contributed by atoms with Crippen molar-refractivity contribution < 1.29 is 23.4 Å². The number of esters is 1. The molecular formula is C11H13F2NO3. The summed E-state index contributed by atoms with van der Waals surface area (Å²) in [7, 11) is 0. The summed E-state index contributed by atoms with van der Waals surface area (Å²) in [6, 6.07) is 1.09. The van der Waals surface area contributed by atoms with E-state index in [1.54, 1.807) is 6.92 Å². The topological polar surface area (TPSA) is 59.4 Å². The number of aromatic hydroxyl groups is 1. The number of hydrogen-bond acceptors (Lipinski definition) is 4. The number of nitrogens with zero attached hydrogens (tertiary/aromatic N) is 1. The Bertz CT molecular complexity index is 421. The average molecular weight is 245 g/mol. The number of carbonyl (C=O) groups excluding carboxylic acids is 1. The molecular weight excluding hydrogens is 232 g/mol. The first kappa shape index (κ1) is 13.3. The lowest BCUT2D eigenvalue weighted by molar-refractivity contribution is -0.142. The number of carbonyl (C=O) groups is 1. The molecule has 0 unspecified atom stereocenters. The Morgan fingerprint density at radius 3 is 2.76 bits per heavy atom. The molecule has 6 heteroatoms. The summed E-state index contributed by atoms with van der Waals surface area (Å²) in [5, 5.41) is 9.61. The Kier molecular flexibility index (Phi) is 4.37. The number of ether oxygens (including phenoxy) is 1. The van der Waals surface area contributed by atoms with Gasteiger partial charge in [-0.15, -0.1) is 0 Å². The molecule has 0 spiro atoms. The summed E-state index contributed by atoms with van der Waals surface area (Å²) in [6.07, 6.45) is -3.06.